The number of hydrogen-bond acceptors (Lipinski definition) is 5. The Kier molecular flexibility index (Phi) is 5.84. The van der Waals surface area contributed by atoms with Crippen LogP contribution in [0.3, 0.4) is 0 Å². The zero-order chi connectivity index (χ0) is 19.3. The molecular formula is C23H29N5. The van der Waals surface area contributed by atoms with Gasteiger partial charge in [-0.2, -0.15) is 0 Å². The zero-order valence-corrected chi connectivity index (χ0v) is 16.8. The summed E-state index contributed by atoms with van der Waals surface area (Å²) < 4.78 is 0. The highest BCUT2D eigenvalue weighted by atomic mass is 15.3. The van der Waals surface area contributed by atoms with Gasteiger partial charge < -0.3 is 10.2 Å². The first-order valence-electron chi connectivity index (χ1n) is 10.3. The number of rotatable bonds is 6. The number of piperazine rings is 1. The normalized spacial score (nSPS) is 16.9. The van der Waals surface area contributed by atoms with Gasteiger partial charge in [-0.25, -0.2) is 9.97 Å². The summed E-state index contributed by atoms with van der Waals surface area (Å²) in [6, 6.07) is 18.9. The molecular weight excluding hydrogens is 346 g/mol. The average Bonchev–Trinajstić information content (AvgIpc) is 2.77. The molecule has 1 atom stereocenters. The van der Waals surface area contributed by atoms with E-state index in [1.807, 2.05) is 30.3 Å². The molecule has 2 aromatic carbocycles. The molecule has 1 fully saturated rings. The van der Waals surface area contributed by atoms with Crippen molar-refractivity contribution in [2.45, 2.75) is 19.9 Å². The lowest BCUT2D eigenvalue weighted by Gasteiger charge is -2.37. The van der Waals surface area contributed by atoms with Gasteiger partial charge in [-0.05, 0) is 25.6 Å². The Labute approximate surface area is 167 Å². The van der Waals surface area contributed by atoms with Crippen molar-refractivity contribution in [3.05, 3.63) is 54.6 Å². The van der Waals surface area contributed by atoms with Crippen LogP contribution in [-0.2, 0) is 0 Å². The molecule has 146 valence electrons. The molecule has 1 aliphatic rings. The highest BCUT2D eigenvalue weighted by Crippen LogP contribution is 2.25. The van der Waals surface area contributed by atoms with Crippen LogP contribution in [0.2, 0.25) is 0 Å². The maximum absolute atomic E-state index is 4.86. The van der Waals surface area contributed by atoms with E-state index in [9.17, 15) is 0 Å². The number of nitrogens with one attached hydrogen (secondary N) is 1. The predicted molar refractivity (Wildman–Crippen MR) is 117 cm³/mol. The second-order valence-corrected chi connectivity index (χ2v) is 7.48. The molecule has 28 heavy (non-hydrogen) atoms. The van der Waals surface area contributed by atoms with E-state index >= 15 is 0 Å². The van der Waals surface area contributed by atoms with Crippen LogP contribution < -0.4 is 5.32 Å². The lowest BCUT2D eigenvalue weighted by Crippen LogP contribution is -2.51. The highest BCUT2D eigenvalue weighted by Gasteiger charge is 2.20. The van der Waals surface area contributed by atoms with E-state index in [0.29, 0.717) is 6.04 Å². The lowest BCUT2D eigenvalue weighted by atomic mass is 10.1. The predicted octanol–water partition coefficient (Wildman–Crippen LogP) is 3.73. The Morgan fingerprint density at radius 2 is 1.64 bits per heavy atom. The SMILES string of the molecule is CCN1CCN(C(C)CNc2nc(-c3ccccc3)nc3ccccc23)CC1. The maximum atomic E-state index is 4.86. The lowest BCUT2D eigenvalue weighted by molar-refractivity contribution is 0.110. The van der Waals surface area contributed by atoms with E-state index < -0.39 is 0 Å². The summed E-state index contributed by atoms with van der Waals surface area (Å²) in [5, 5.41) is 4.69. The van der Waals surface area contributed by atoms with Crippen molar-refractivity contribution in [2.24, 2.45) is 0 Å². The summed E-state index contributed by atoms with van der Waals surface area (Å²) in [6.45, 7) is 11.2. The van der Waals surface area contributed by atoms with Crippen molar-refractivity contribution in [2.75, 3.05) is 44.6 Å². The second kappa shape index (κ2) is 8.67. The van der Waals surface area contributed by atoms with Crippen LogP contribution in [0.25, 0.3) is 22.3 Å². The van der Waals surface area contributed by atoms with E-state index in [0.717, 1.165) is 67.4 Å². The molecule has 5 nitrogen and oxygen atoms in total. The van der Waals surface area contributed by atoms with E-state index in [1.54, 1.807) is 0 Å². The number of nitrogens with zero attached hydrogens (tertiary/aromatic N) is 4. The molecule has 3 aromatic rings. The third kappa shape index (κ3) is 4.16. The van der Waals surface area contributed by atoms with E-state index in [4.69, 9.17) is 9.97 Å². The van der Waals surface area contributed by atoms with Crippen LogP contribution in [0.5, 0.6) is 0 Å². The number of aromatic nitrogens is 2. The van der Waals surface area contributed by atoms with Gasteiger partial charge in [0.15, 0.2) is 5.82 Å². The first kappa shape index (κ1) is 18.8. The quantitative estimate of drug-likeness (QED) is 0.711. The topological polar surface area (TPSA) is 44.3 Å². The third-order valence-electron chi connectivity index (χ3n) is 5.68. The summed E-state index contributed by atoms with van der Waals surface area (Å²) in [6.07, 6.45) is 0. The van der Waals surface area contributed by atoms with Gasteiger partial charge in [-0.3, -0.25) is 4.90 Å². The largest absolute Gasteiger partial charge is 0.368 e. The summed E-state index contributed by atoms with van der Waals surface area (Å²) >= 11 is 0. The van der Waals surface area contributed by atoms with Crippen LogP contribution >= 0.6 is 0 Å². The van der Waals surface area contributed by atoms with Crippen molar-refractivity contribution >= 4 is 16.7 Å². The van der Waals surface area contributed by atoms with Gasteiger partial charge in [0.2, 0.25) is 0 Å². The van der Waals surface area contributed by atoms with E-state index in [1.165, 1.54) is 0 Å². The Hall–Kier alpha value is -2.50. The molecule has 0 aliphatic carbocycles. The minimum atomic E-state index is 0.466. The summed E-state index contributed by atoms with van der Waals surface area (Å²) in [7, 11) is 0. The monoisotopic (exact) mass is 375 g/mol. The summed E-state index contributed by atoms with van der Waals surface area (Å²) in [4.78, 5) is 14.7. The zero-order valence-electron chi connectivity index (χ0n) is 16.8. The number of anilines is 1. The van der Waals surface area contributed by atoms with Gasteiger partial charge in [-0.1, -0.05) is 49.4 Å². The molecule has 0 radical (unpaired) electrons. The molecule has 0 amide bonds. The molecule has 0 bridgehead atoms. The van der Waals surface area contributed by atoms with Crippen molar-refractivity contribution in [1.29, 1.82) is 0 Å². The molecule has 1 aromatic heterocycles. The van der Waals surface area contributed by atoms with Gasteiger partial charge in [0.05, 0.1) is 5.52 Å². The van der Waals surface area contributed by atoms with Crippen molar-refractivity contribution < 1.29 is 0 Å². The van der Waals surface area contributed by atoms with Crippen LogP contribution in [-0.4, -0.2) is 65.1 Å². The highest BCUT2D eigenvalue weighted by molar-refractivity contribution is 5.90. The minimum absolute atomic E-state index is 0.466. The Morgan fingerprint density at radius 3 is 2.39 bits per heavy atom. The number of hydrogen-bond donors (Lipinski definition) is 1. The third-order valence-corrected chi connectivity index (χ3v) is 5.68. The summed E-state index contributed by atoms with van der Waals surface area (Å²) in [5.41, 5.74) is 2.02. The molecule has 0 spiro atoms. The van der Waals surface area contributed by atoms with E-state index in [-0.39, 0.29) is 0 Å². The standard InChI is InChI=1S/C23H29N5/c1-3-27-13-15-28(16-14-27)18(2)17-24-23-20-11-7-8-12-21(20)25-22(26-23)19-9-5-4-6-10-19/h4-12,18H,3,13-17H2,1-2H3,(H,24,25,26). The maximum Gasteiger partial charge on any atom is 0.162 e. The minimum Gasteiger partial charge on any atom is -0.368 e. The average molecular weight is 376 g/mol. The Morgan fingerprint density at radius 1 is 0.929 bits per heavy atom. The van der Waals surface area contributed by atoms with Crippen LogP contribution in [0, 0.1) is 0 Å². The molecule has 4 rings (SSSR count). The van der Waals surface area contributed by atoms with Gasteiger partial charge in [0, 0.05) is 49.7 Å². The number of likely N-dealkylation sites (N-methyl/N-ethyl adjacent to an activating group) is 1. The first-order valence-corrected chi connectivity index (χ1v) is 10.3. The van der Waals surface area contributed by atoms with Crippen molar-refractivity contribution in [3.8, 4) is 11.4 Å². The molecule has 1 aliphatic heterocycles. The smallest absolute Gasteiger partial charge is 0.162 e. The van der Waals surface area contributed by atoms with Crippen LogP contribution in [0.4, 0.5) is 5.82 Å². The molecule has 0 saturated carbocycles. The van der Waals surface area contributed by atoms with Gasteiger partial charge in [-0.15, -0.1) is 0 Å². The second-order valence-electron chi connectivity index (χ2n) is 7.48. The Bertz CT molecular complexity index is 903. The van der Waals surface area contributed by atoms with Crippen LogP contribution in [0.1, 0.15) is 13.8 Å². The first-order chi connectivity index (χ1) is 13.7. The molecule has 1 unspecified atom stereocenters. The fourth-order valence-corrected chi connectivity index (χ4v) is 3.82. The van der Waals surface area contributed by atoms with E-state index in [2.05, 4.69) is 53.2 Å². The van der Waals surface area contributed by atoms with Gasteiger partial charge >= 0.3 is 0 Å². The van der Waals surface area contributed by atoms with Crippen molar-refractivity contribution in [3.63, 3.8) is 0 Å². The molecule has 1 saturated heterocycles. The number of benzene rings is 2. The number of fused-ring (bicyclic) bond motifs is 1. The van der Waals surface area contributed by atoms with Gasteiger partial charge in [0.1, 0.15) is 5.82 Å². The molecule has 1 N–H and O–H groups in total. The summed E-state index contributed by atoms with van der Waals surface area (Å²) in [5.74, 6) is 1.69. The number of para-hydroxylation sites is 1. The van der Waals surface area contributed by atoms with Gasteiger partial charge in [0.25, 0.3) is 0 Å². The fraction of sp³-hybridized carbons (Fsp3) is 0.391. The molecule has 2 heterocycles. The fourth-order valence-electron chi connectivity index (χ4n) is 3.82. The van der Waals surface area contributed by atoms with Crippen molar-refractivity contribution in [1.82, 2.24) is 19.8 Å². The molecule has 5 heteroatoms. The Balaban J connectivity index is 1.53. The van der Waals surface area contributed by atoms with Crippen LogP contribution in [0.15, 0.2) is 54.6 Å².